The first-order chi connectivity index (χ1) is 17.0. The van der Waals surface area contributed by atoms with E-state index in [1.807, 2.05) is 47.9 Å². The summed E-state index contributed by atoms with van der Waals surface area (Å²) in [5.41, 5.74) is 2.28. The largest absolute Gasteiger partial charge is 0.461 e. The molecule has 10 nitrogen and oxygen atoms in total. The zero-order valence-electron chi connectivity index (χ0n) is 19.4. The van der Waals surface area contributed by atoms with Crippen molar-refractivity contribution >= 4 is 23.6 Å². The Morgan fingerprint density at radius 2 is 1.83 bits per heavy atom. The topological polar surface area (TPSA) is 111 Å². The molecule has 2 amide bonds. The van der Waals surface area contributed by atoms with Crippen LogP contribution in [0.3, 0.4) is 0 Å². The van der Waals surface area contributed by atoms with Gasteiger partial charge in [-0.15, -0.1) is 10.2 Å². The van der Waals surface area contributed by atoms with E-state index in [4.69, 9.17) is 8.83 Å². The number of hydrogen-bond acceptors (Lipinski definition) is 8. The van der Waals surface area contributed by atoms with Crippen LogP contribution in [0.1, 0.15) is 28.9 Å². The first kappa shape index (κ1) is 22.9. The number of carbonyl (C=O) groups excluding carboxylic acids is 2. The zero-order valence-corrected chi connectivity index (χ0v) is 20.2. The molecule has 1 saturated heterocycles. The highest BCUT2D eigenvalue weighted by atomic mass is 32.2. The van der Waals surface area contributed by atoms with E-state index in [1.165, 1.54) is 24.9 Å². The molecule has 11 heteroatoms. The molecular formula is C24H24N6O4S. The molecule has 0 saturated carbocycles. The lowest BCUT2D eigenvalue weighted by atomic mass is 10.2. The molecular weight excluding hydrogens is 468 g/mol. The van der Waals surface area contributed by atoms with Gasteiger partial charge in [-0.25, -0.2) is 4.98 Å². The molecule has 180 valence electrons. The van der Waals surface area contributed by atoms with Crippen molar-refractivity contribution in [1.82, 2.24) is 29.5 Å². The Morgan fingerprint density at radius 1 is 1.03 bits per heavy atom. The molecule has 0 radical (unpaired) electrons. The van der Waals surface area contributed by atoms with Crippen molar-refractivity contribution in [3.8, 4) is 17.3 Å². The van der Waals surface area contributed by atoms with Gasteiger partial charge in [-0.05, 0) is 36.8 Å². The quantitative estimate of drug-likeness (QED) is 0.377. The van der Waals surface area contributed by atoms with Crippen LogP contribution in [0.2, 0.25) is 0 Å². The number of nitrogens with zero attached hydrogens (tertiary/aromatic N) is 6. The Hall–Kier alpha value is -3.86. The van der Waals surface area contributed by atoms with Crippen LogP contribution in [0.25, 0.3) is 17.3 Å². The van der Waals surface area contributed by atoms with E-state index in [-0.39, 0.29) is 17.5 Å². The lowest BCUT2D eigenvalue weighted by Gasteiger charge is -2.33. The third-order valence-electron chi connectivity index (χ3n) is 5.74. The minimum Gasteiger partial charge on any atom is -0.461 e. The lowest BCUT2D eigenvalue weighted by molar-refractivity contribution is -0.130. The van der Waals surface area contributed by atoms with Gasteiger partial charge >= 0.3 is 0 Å². The number of rotatable bonds is 6. The van der Waals surface area contributed by atoms with Crippen LogP contribution in [0.15, 0.2) is 62.9 Å². The standard InChI is InChI=1S/C24H24N6O4S/c1-16-5-3-6-18(13-16)30-22(20-7-4-12-33-20)26-27-24(30)35-15-21-25-19(14-34-21)23(32)29-10-8-28(9-11-29)17(2)31/h3-7,12-14H,8-11,15H2,1-2H3. The molecule has 0 atom stereocenters. The normalized spacial score (nSPS) is 13.9. The van der Waals surface area contributed by atoms with Crippen LogP contribution < -0.4 is 0 Å². The van der Waals surface area contributed by atoms with Gasteiger partial charge in [0.2, 0.25) is 17.6 Å². The first-order valence-corrected chi connectivity index (χ1v) is 12.2. The molecule has 1 aromatic carbocycles. The molecule has 35 heavy (non-hydrogen) atoms. The molecule has 4 aromatic rings. The fourth-order valence-electron chi connectivity index (χ4n) is 3.92. The minimum absolute atomic E-state index is 0.0200. The van der Waals surface area contributed by atoms with Crippen LogP contribution in [0.4, 0.5) is 0 Å². The molecule has 1 aliphatic rings. The predicted molar refractivity (Wildman–Crippen MR) is 128 cm³/mol. The zero-order chi connectivity index (χ0) is 24.4. The second-order valence-corrected chi connectivity index (χ2v) is 9.11. The molecule has 0 N–H and O–H groups in total. The molecule has 1 fully saturated rings. The van der Waals surface area contributed by atoms with Crippen molar-refractivity contribution in [1.29, 1.82) is 0 Å². The van der Waals surface area contributed by atoms with Crippen molar-refractivity contribution in [3.05, 3.63) is 66.1 Å². The number of thioether (sulfide) groups is 1. The average Bonchev–Trinajstić information content (AvgIpc) is 3.63. The summed E-state index contributed by atoms with van der Waals surface area (Å²) in [5.74, 6) is 1.81. The number of benzene rings is 1. The average molecular weight is 493 g/mol. The number of piperazine rings is 1. The van der Waals surface area contributed by atoms with Crippen molar-refractivity contribution in [2.24, 2.45) is 0 Å². The number of furan rings is 1. The van der Waals surface area contributed by atoms with Gasteiger partial charge in [0, 0.05) is 33.1 Å². The SMILES string of the molecule is CC(=O)N1CCN(C(=O)c2coc(CSc3nnc(-c4ccco4)n3-c3cccc(C)c3)n2)CC1. The molecule has 0 bridgehead atoms. The molecule has 0 aliphatic carbocycles. The fraction of sp³-hybridized carbons (Fsp3) is 0.292. The summed E-state index contributed by atoms with van der Waals surface area (Å²) in [6.07, 6.45) is 2.98. The van der Waals surface area contributed by atoms with Crippen LogP contribution in [-0.2, 0) is 10.5 Å². The van der Waals surface area contributed by atoms with Crippen LogP contribution in [0, 0.1) is 6.92 Å². The van der Waals surface area contributed by atoms with Gasteiger partial charge in [-0.3, -0.25) is 14.2 Å². The maximum Gasteiger partial charge on any atom is 0.275 e. The van der Waals surface area contributed by atoms with E-state index in [1.54, 1.807) is 16.1 Å². The van der Waals surface area contributed by atoms with Crippen molar-refractivity contribution in [2.75, 3.05) is 26.2 Å². The van der Waals surface area contributed by atoms with Gasteiger partial charge in [-0.1, -0.05) is 23.9 Å². The third-order valence-corrected chi connectivity index (χ3v) is 6.66. The number of amides is 2. The summed E-state index contributed by atoms with van der Waals surface area (Å²) in [4.78, 5) is 32.2. The highest BCUT2D eigenvalue weighted by Gasteiger charge is 2.26. The van der Waals surface area contributed by atoms with Gasteiger partial charge in [0.15, 0.2) is 16.6 Å². The molecule has 0 unspecified atom stereocenters. The van der Waals surface area contributed by atoms with Gasteiger partial charge in [-0.2, -0.15) is 0 Å². The summed E-state index contributed by atoms with van der Waals surface area (Å²) < 4.78 is 13.1. The Labute approximate surface area is 205 Å². The summed E-state index contributed by atoms with van der Waals surface area (Å²) in [5, 5.41) is 9.36. The fourth-order valence-corrected chi connectivity index (χ4v) is 4.72. The molecule has 5 rings (SSSR count). The summed E-state index contributed by atoms with van der Waals surface area (Å²) in [7, 11) is 0. The Morgan fingerprint density at radius 3 is 2.54 bits per heavy atom. The van der Waals surface area contributed by atoms with Crippen LogP contribution >= 0.6 is 11.8 Å². The number of oxazole rings is 1. The predicted octanol–water partition coefficient (Wildman–Crippen LogP) is 3.42. The highest BCUT2D eigenvalue weighted by Crippen LogP contribution is 2.30. The van der Waals surface area contributed by atoms with E-state index in [9.17, 15) is 9.59 Å². The summed E-state index contributed by atoms with van der Waals surface area (Å²) in [6, 6.07) is 11.7. The summed E-state index contributed by atoms with van der Waals surface area (Å²) >= 11 is 1.41. The smallest absolute Gasteiger partial charge is 0.275 e. The van der Waals surface area contributed by atoms with Crippen molar-refractivity contribution < 1.29 is 18.4 Å². The van der Waals surface area contributed by atoms with E-state index in [2.05, 4.69) is 15.2 Å². The number of aryl methyl sites for hydroxylation is 1. The monoisotopic (exact) mass is 492 g/mol. The van der Waals surface area contributed by atoms with E-state index in [0.29, 0.717) is 54.6 Å². The van der Waals surface area contributed by atoms with Gasteiger partial charge in [0.25, 0.3) is 5.91 Å². The van der Waals surface area contributed by atoms with Crippen molar-refractivity contribution in [3.63, 3.8) is 0 Å². The minimum atomic E-state index is -0.198. The summed E-state index contributed by atoms with van der Waals surface area (Å²) in [6.45, 7) is 5.56. The Kier molecular flexibility index (Phi) is 6.41. The molecule has 1 aliphatic heterocycles. The van der Waals surface area contributed by atoms with Gasteiger partial charge in [0.1, 0.15) is 6.26 Å². The number of hydrogen-bond donors (Lipinski definition) is 0. The van der Waals surface area contributed by atoms with Crippen molar-refractivity contribution in [2.45, 2.75) is 24.8 Å². The van der Waals surface area contributed by atoms with Crippen LogP contribution in [0.5, 0.6) is 0 Å². The molecule has 3 aromatic heterocycles. The molecule has 0 spiro atoms. The van der Waals surface area contributed by atoms with Gasteiger partial charge in [0.05, 0.1) is 17.7 Å². The Bertz CT molecular complexity index is 1340. The third kappa shape index (κ3) is 4.85. The van der Waals surface area contributed by atoms with E-state index < -0.39 is 0 Å². The maximum absolute atomic E-state index is 12.8. The van der Waals surface area contributed by atoms with Gasteiger partial charge < -0.3 is 18.6 Å². The highest BCUT2D eigenvalue weighted by molar-refractivity contribution is 7.98. The number of aromatic nitrogens is 4. The maximum atomic E-state index is 12.8. The first-order valence-electron chi connectivity index (χ1n) is 11.2. The van der Waals surface area contributed by atoms with E-state index >= 15 is 0 Å². The molecule has 4 heterocycles. The van der Waals surface area contributed by atoms with E-state index in [0.717, 1.165) is 11.3 Å². The number of carbonyl (C=O) groups is 2. The van der Waals surface area contributed by atoms with Crippen LogP contribution in [-0.4, -0.2) is 67.5 Å². The lowest BCUT2D eigenvalue weighted by Crippen LogP contribution is -2.50. The second kappa shape index (κ2) is 9.79. The second-order valence-electron chi connectivity index (χ2n) is 8.17. The Balaban J connectivity index is 1.31.